The largest absolute Gasteiger partial charge is 0.372 e. The number of nitrogens with one attached hydrogen (secondary N) is 2. The Morgan fingerprint density at radius 3 is 2.87 bits per heavy atom. The maximum Gasteiger partial charge on any atom is 0.148 e. The highest BCUT2D eigenvalue weighted by atomic mass is 32.1. The number of aromatic nitrogens is 5. The molecule has 6 nitrogen and oxygen atoms in total. The minimum atomic E-state index is -0.362. The molecule has 23 heavy (non-hydrogen) atoms. The molecule has 0 saturated heterocycles. The van der Waals surface area contributed by atoms with Crippen molar-refractivity contribution in [3.8, 4) is 22.4 Å². The lowest BCUT2D eigenvalue weighted by atomic mass is 10.0. The third-order valence-corrected chi connectivity index (χ3v) is 4.40. The molecule has 3 aromatic heterocycles. The minimum absolute atomic E-state index is 0.362. The van der Waals surface area contributed by atoms with Crippen molar-refractivity contribution < 1.29 is 4.39 Å². The van der Waals surface area contributed by atoms with Gasteiger partial charge in [-0.15, -0.1) is 21.5 Å². The first kappa shape index (κ1) is 13.8. The van der Waals surface area contributed by atoms with Gasteiger partial charge in [0.05, 0.1) is 27.6 Å². The Kier molecular flexibility index (Phi) is 3.23. The third kappa shape index (κ3) is 2.23. The highest BCUT2D eigenvalue weighted by Crippen LogP contribution is 2.38. The van der Waals surface area contributed by atoms with E-state index in [-0.39, 0.29) is 5.82 Å². The molecule has 0 aliphatic carbocycles. The molecule has 0 saturated carbocycles. The SMILES string of the molecule is CNc1ccc(-c2cc(F)c(-c3cn[nH]c3)c3ncsc23)nn1. The summed E-state index contributed by atoms with van der Waals surface area (Å²) in [6.45, 7) is 0. The Balaban J connectivity index is 1.95. The molecule has 0 aliphatic heterocycles. The Labute approximate surface area is 134 Å². The number of halogens is 1. The van der Waals surface area contributed by atoms with Gasteiger partial charge in [-0.1, -0.05) is 0 Å². The molecule has 0 amide bonds. The van der Waals surface area contributed by atoms with E-state index in [0.29, 0.717) is 33.7 Å². The van der Waals surface area contributed by atoms with Crippen molar-refractivity contribution in [2.45, 2.75) is 0 Å². The molecule has 0 fully saturated rings. The first-order valence-corrected chi connectivity index (χ1v) is 7.72. The van der Waals surface area contributed by atoms with E-state index in [4.69, 9.17) is 0 Å². The maximum absolute atomic E-state index is 14.7. The van der Waals surface area contributed by atoms with Gasteiger partial charge in [-0.2, -0.15) is 5.10 Å². The zero-order valence-electron chi connectivity index (χ0n) is 12.0. The lowest BCUT2D eigenvalue weighted by molar-refractivity contribution is 0.633. The van der Waals surface area contributed by atoms with Crippen LogP contribution in [0, 0.1) is 5.82 Å². The number of anilines is 1. The summed E-state index contributed by atoms with van der Waals surface area (Å²) in [7, 11) is 1.77. The number of hydrogen-bond acceptors (Lipinski definition) is 6. The maximum atomic E-state index is 14.7. The Hall–Kier alpha value is -2.87. The van der Waals surface area contributed by atoms with Gasteiger partial charge in [0.1, 0.15) is 11.6 Å². The Morgan fingerprint density at radius 2 is 2.17 bits per heavy atom. The van der Waals surface area contributed by atoms with Gasteiger partial charge in [-0.25, -0.2) is 9.37 Å². The fourth-order valence-corrected chi connectivity index (χ4v) is 3.27. The normalized spacial score (nSPS) is 11.0. The van der Waals surface area contributed by atoms with E-state index in [1.807, 2.05) is 6.07 Å². The van der Waals surface area contributed by atoms with Gasteiger partial charge in [0.2, 0.25) is 0 Å². The van der Waals surface area contributed by atoms with Crippen molar-refractivity contribution >= 4 is 27.4 Å². The summed E-state index contributed by atoms with van der Waals surface area (Å²) < 4.78 is 15.6. The highest BCUT2D eigenvalue weighted by Gasteiger charge is 2.18. The van der Waals surface area contributed by atoms with Crippen molar-refractivity contribution in [2.24, 2.45) is 0 Å². The van der Waals surface area contributed by atoms with Crippen LogP contribution < -0.4 is 5.32 Å². The molecule has 0 radical (unpaired) electrons. The van der Waals surface area contributed by atoms with Gasteiger partial charge in [-0.05, 0) is 18.2 Å². The number of hydrogen-bond donors (Lipinski definition) is 2. The quantitative estimate of drug-likeness (QED) is 0.604. The molecular formula is C15H11FN6S. The topological polar surface area (TPSA) is 79.4 Å². The van der Waals surface area contributed by atoms with Crippen LogP contribution in [0.1, 0.15) is 0 Å². The van der Waals surface area contributed by atoms with E-state index in [2.05, 4.69) is 30.7 Å². The molecule has 3 heterocycles. The highest BCUT2D eigenvalue weighted by molar-refractivity contribution is 7.17. The summed E-state index contributed by atoms with van der Waals surface area (Å²) in [5.74, 6) is 0.295. The van der Waals surface area contributed by atoms with E-state index in [9.17, 15) is 4.39 Å². The number of benzene rings is 1. The summed E-state index contributed by atoms with van der Waals surface area (Å²) >= 11 is 1.45. The van der Waals surface area contributed by atoms with Gasteiger partial charge < -0.3 is 5.32 Å². The molecule has 114 valence electrons. The molecule has 1 aromatic carbocycles. The molecule has 0 spiro atoms. The number of H-pyrrole nitrogens is 1. The molecule has 0 aliphatic rings. The van der Waals surface area contributed by atoms with Crippen molar-refractivity contribution in [1.29, 1.82) is 0 Å². The van der Waals surface area contributed by atoms with Gasteiger partial charge in [0, 0.05) is 29.9 Å². The predicted molar refractivity (Wildman–Crippen MR) is 87.7 cm³/mol. The Morgan fingerprint density at radius 1 is 1.26 bits per heavy atom. The van der Waals surface area contributed by atoms with Crippen molar-refractivity contribution in [3.05, 3.63) is 41.9 Å². The first-order chi connectivity index (χ1) is 11.3. The van der Waals surface area contributed by atoms with E-state index < -0.39 is 0 Å². The van der Waals surface area contributed by atoms with Gasteiger partial charge in [-0.3, -0.25) is 5.10 Å². The molecule has 2 N–H and O–H groups in total. The molecule has 0 atom stereocenters. The number of nitrogens with zero attached hydrogens (tertiary/aromatic N) is 4. The fraction of sp³-hybridized carbons (Fsp3) is 0.0667. The fourth-order valence-electron chi connectivity index (χ4n) is 2.45. The number of fused-ring (bicyclic) bond motifs is 1. The van der Waals surface area contributed by atoms with Crippen LogP contribution in [0.5, 0.6) is 0 Å². The lowest BCUT2D eigenvalue weighted by Gasteiger charge is -2.07. The summed E-state index contributed by atoms with van der Waals surface area (Å²) in [6, 6.07) is 5.09. The van der Waals surface area contributed by atoms with Crippen LogP contribution in [0.3, 0.4) is 0 Å². The lowest BCUT2D eigenvalue weighted by Crippen LogP contribution is -1.96. The summed E-state index contributed by atoms with van der Waals surface area (Å²) in [5.41, 5.74) is 4.70. The molecule has 4 rings (SSSR count). The number of thiazole rings is 1. The van der Waals surface area contributed by atoms with Crippen LogP contribution in [0.25, 0.3) is 32.6 Å². The molecular weight excluding hydrogens is 315 g/mol. The zero-order valence-corrected chi connectivity index (χ0v) is 12.9. The second kappa shape index (κ2) is 5.40. The third-order valence-electron chi connectivity index (χ3n) is 3.54. The smallest absolute Gasteiger partial charge is 0.148 e. The van der Waals surface area contributed by atoms with E-state index in [0.717, 1.165) is 4.70 Å². The Bertz CT molecular complexity index is 962. The van der Waals surface area contributed by atoms with Crippen LogP contribution in [-0.2, 0) is 0 Å². The van der Waals surface area contributed by atoms with Gasteiger partial charge in [0.25, 0.3) is 0 Å². The summed E-state index contributed by atoms with van der Waals surface area (Å²) in [4.78, 5) is 4.33. The van der Waals surface area contributed by atoms with Crippen LogP contribution in [0.15, 0.2) is 36.1 Å². The van der Waals surface area contributed by atoms with E-state index >= 15 is 0 Å². The van der Waals surface area contributed by atoms with Crippen LogP contribution in [-0.4, -0.2) is 32.4 Å². The van der Waals surface area contributed by atoms with Gasteiger partial charge in [0.15, 0.2) is 0 Å². The second-order valence-electron chi connectivity index (χ2n) is 4.85. The van der Waals surface area contributed by atoms with E-state index in [1.54, 1.807) is 31.0 Å². The molecule has 0 bridgehead atoms. The van der Waals surface area contributed by atoms with Crippen LogP contribution in [0.4, 0.5) is 10.2 Å². The average molecular weight is 326 g/mol. The standard InChI is InChI=1S/C15H11FN6S/c1-17-12-3-2-11(21-22-12)9-4-10(16)13(8-5-19-20-6-8)14-15(9)23-7-18-14/h2-7H,1H3,(H,17,22)(H,19,20). The van der Waals surface area contributed by atoms with Crippen molar-refractivity contribution in [1.82, 2.24) is 25.4 Å². The summed E-state index contributed by atoms with van der Waals surface area (Å²) in [5, 5.41) is 17.7. The zero-order chi connectivity index (χ0) is 15.8. The summed E-state index contributed by atoms with van der Waals surface area (Å²) in [6.07, 6.45) is 3.23. The molecule has 8 heteroatoms. The average Bonchev–Trinajstić information content (AvgIpc) is 3.26. The van der Waals surface area contributed by atoms with Crippen LogP contribution in [0.2, 0.25) is 0 Å². The first-order valence-electron chi connectivity index (χ1n) is 6.84. The molecule has 0 unspecified atom stereocenters. The second-order valence-corrected chi connectivity index (χ2v) is 5.71. The van der Waals surface area contributed by atoms with Crippen molar-refractivity contribution in [3.63, 3.8) is 0 Å². The van der Waals surface area contributed by atoms with Crippen molar-refractivity contribution in [2.75, 3.05) is 12.4 Å². The van der Waals surface area contributed by atoms with Crippen LogP contribution >= 0.6 is 11.3 Å². The van der Waals surface area contributed by atoms with Gasteiger partial charge >= 0.3 is 0 Å². The monoisotopic (exact) mass is 326 g/mol. The predicted octanol–water partition coefficient (Wildman–Crippen LogP) is 3.32. The minimum Gasteiger partial charge on any atom is -0.372 e. The molecule has 4 aromatic rings. The number of aromatic amines is 1. The number of rotatable bonds is 3. The van der Waals surface area contributed by atoms with E-state index in [1.165, 1.54) is 17.4 Å².